The Bertz CT molecular complexity index is 617. The maximum atomic E-state index is 11.0. The number of aromatic carboxylic acids is 1. The fourth-order valence-corrected chi connectivity index (χ4v) is 2.46. The Morgan fingerprint density at radius 3 is 2.80 bits per heavy atom. The zero-order valence-corrected chi connectivity index (χ0v) is 12.4. The van der Waals surface area contributed by atoms with Crippen molar-refractivity contribution in [3.8, 4) is 5.75 Å². The quantitative estimate of drug-likeness (QED) is 0.937. The first kappa shape index (κ1) is 14.5. The molecule has 0 spiro atoms. The van der Waals surface area contributed by atoms with Crippen LogP contribution in [0.25, 0.3) is 0 Å². The smallest absolute Gasteiger partial charge is 0.358 e. The van der Waals surface area contributed by atoms with Gasteiger partial charge in [-0.3, -0.25) is 0 Å². The van der Waals surface area contributed by atoms with Crippen LogP contribution in [0.1, 0.15) is 42.0 Å². The monoisotopic (exact) mass is 292 g/mol. The molecule has 0 amide bonds. The summed E-state index contributed by atoms with van der Waals surface area (Å²) >= 11 is 1.51. The second-order valence-corrected chi connectivity index (χ2v) is 6.26. The van der Waals surface area contributed by atoms with E-state index >= 15 is 0 Å². The van der Waals surface area contributed by atoms with Crippen molar-refractivity contribution >= 4 is 17.3 Å². The van der Waals surface area contributed by atoms with Gasteiger partial charge in [-0.2, -0.15) is 0 Å². The molecule has 0 aromatic carbocycles. The number of thiazole rings is 1. The molecule has 0 saturated carbocycles. The molecular formula is C14H16N2O3S. The SMILES string of the molecule is CC(C)(C)c1csc(COc2cccnc2C(=O)O)n1. The first-order valence-electron chi connectivity index (χ1n) is 6.14. The number of pyridine rings is 1. The van der Waals surface area contributed by atoms with Crippen LogP contribution < -0.4 is 4.74 Å². The molecule has 1 N–H and O–H groups in total. The minimum Gasteiger partial charge on any atom is -0.484 e. The zero-order chi connectivity index (χ0) is 14.8. The van der Waals surface area contributed by atoms with Crippen molar-refractivity contribution in [2.75, 3.05) is 0 Å². The third kappa shape index (κ3) is 3.33. The highest BCUT2D eigenvalue weighted by Gasteiger charge is 2.18. The molecule has 0 unspecified atom stereocenters. The van der Waals surface area contributed by atoms with Gasteiger partial charge >= 0.3 is 5.97 Å². The molecule has 6 heteroatoms. The Morgan fingerprint density at radius 2 is 2.20 bits per heavy atom. The molecule has 0 saturated heterocycles. The second-order valence-electron chi connectivity index (χ2n) is 5.32. The van der Waals surface area contributed by atoms with Crippen molar-refractivity contribution < 1.29 is 14.6 Å². The van der Waals surface area contributed by atoms with Gasteiger partial charge in [-0.25, -0.2) is 14.8 Å². The molecule has 106 valence electrons. The van der Waals surface area contributed by atoms with Gasteiger partial charge in [0.15, 0.2) is 11.4 Å². The van der Waals surface area contributed by atoms with Crippen LogP contribution in [0.15, 0.2) is 23.7 Å². The first-order valence-corrected chi connectivity index (χ1v) is 7.02. The van der Waals surface area contributed by atoms with Crippen LogP contribution in [0.4, 0.5) is 0 Å². The number of nitrogens with zero attached hydrogens (tertiary/aromatic N) is 2. The van der Waals surface area contributed by atoms with Gasteiger partial charge < -0.3 is 9.84 Å². The van der Waals surface area contributed by atoms with Crippen LogP contribution in [0, 0.1) is 0 Å². The van der Waals surface area contributed by atoms with E-state index in [1.165, 1.54) is 17.5 Å². The number of aromatic nitrogens is 2. The van der Waals surface area contributed by atoms with E-state index < -0.39 is 5.97 Å². The minimum absolute atomic E-state index is 0.00469. The van der Waals surface area contributed by atoms with Gasteiger partial charge in [-0.05, 0) is 12.1 Å². The highest BCUT2D eigenvalue weighted by molar-refractivity contribution is 7.09. The topological polar surface area (TPSA) is 72.3 Å². The van der Waals surface area contributed by atoms with Crippen LogP contribution >= 0.6 is 11.3 Å². The standard InChI is InChI=1S/C14H16N2O3S/c1-14(2,3)10-8-20-11(16-10)7-19-9-5-4-6-15-12(9)13(17)18/h4-6,8H,7H2,1-3H3,(H,17,18). The Balaban J connectivity index is 2.10. The van der Waals surface area contributed by atoms with Crippen LogP contribution in [-0.4, -0.2) is 21.0 Å². The molecule has 2 heterocycles. The molecule has 0 bridgehead atoms. The largest absolute Gasteiger partial charge is 0.484 e. The van der Waals surface area contributed by atoms with E-state index in [0.29, 0.717) is 0 Å². The van der Waals surface area contributed by atoms with E-state index in [4.69, 9.17) is 9.84 Å². The molecule has 20 heavy (non-hydrogen) atoms. The molecule has 5 nitrogen and oxygen atoms in total. The van der Waals surface area contributed by atoms with Crippen LogP contribution in [0.5, 0.6) is 5.75 Å². The van der Waals surface area contributed by atoms with Gasteiger partial charge in [0.2, 0.25) is 0 Å². The van der Waals surface area contributed by atoms with Crippen LogP contribution in [-0.2, 0) is 12.0 Å². The summed E-state index contributed by atoms with van der Waals surface area (Å²) in [5.41, 5.74) is 0.917. The summed E-state index contributed by atoms with van der Waals surface area (Å²) in [5.74, 6) is -0.845. The molecule has 0 radical (unpaired) electrons. The highest BCUT2D eigenvalue weighted by atomic mass is 32.1. The molecule has 0 aliphatic heterocycles. The lowest BCUT2D eigenvalue weighted by molar-refractivity contribution is 0.0685. The molecule has 2 rings (SSSR count). The third-order valence-electron chi connectivity index (χ3n) is 2.64. The van der Waals surface area contributed by atoms with Crippen LogP contribution in [0.2, 0.25) is 0 Å². The summed E-state index contributed by atoms with van der Waals surface area (Å²) in [4.78, 5) is 19.3. The fraction of sp³-hybridized carbons (Fsp3) is 0.357. The first-order chi connectivity index (χ1) is 9.38. The van der Waals surface area contributed by atoms with Gasteiger partial charge in [0.25, 0.3) is 0 Å². The molecule has 0 aliphatic rings. The number of hydrogen-bond donors (Lipinski definition) is 1. The Morgan fingerprint density at radius 1 is 1.45 bits per heavy atom. The molecule has 2 aromatic rings. The lowest BCUT2D eigenvalue weighted by Crippen LogP contribution is -2.12. The fourth-order valence-electron chi connectivity index (χ4n) is 1.53. The van der Waals surface area contributed by atoms with E-state index in [1.807, 2.05) is 5.38 Å². The maximum absolute atomic E-state index is 11.0. The Kier molecular flexibility index (Phi) is 4.04. The Labute approximate surface area is 121 Å². The van der Waals surface area contributed by atoms with Crippen molar-refractivity contribution in [3.63, 3.8) is 0 Å². The summed E-state index contributed by atoms with van der Waals surface area (Å²) in [6.45, 7) is 6.52. The number of carboxylic acid groups (broad SMARTS) is 1. The minimum atomic E-state index is -1.10. The summed E-state index contributed by atoms with van der Waals surface area (Å²) < 4.78 is 5.52. The van der Waals surface area contributed by atoms with E-state index in [9.17, 15) is 4.79 Å². The molecule has 0 atom stereocenters. The van der Waals surface area contributed by atoms with Crippen molar-refractivity contribution in [3.05, 3.63) is 40.1 Å². The predicted molar refractivity (Wildman–Crippen MR) is 76.3 cm³/mol. The summed E-state index contributed by atoms with van der Waals surface area (Å²) in [7, 11) is 0. The van der Waals surface area contributed by atoms with Crippen molar-refractivity contribution in [1.82, 2.24) is 9.97 Å². The van der Waals surface area contributed by atoms with E-state index in [0.717, 1.165) is 10.7 Å². The Hall–Kier alpha value is -1.95. The molecule has 2 aromatic heterocycles. The second kappa shape index (κ2) is 5.58. The number of ether oxygens (including phenoxy) is 1. The van der Waals surface area contributed by atoms with Crippen molar-refractivity contribution in [1.29, 1.82) is 0 Å². The molecule has 0 fully saturated rings. The number of hydrogen-bond acceptors (Lipinski definition) is 5. The number of carbonyl (C=O) groups is 1. The van der Waals surface area contributed by atoms with Gasteiger partial charge in [0, 0.05) is 17.0 Å². The molecule has 0 aliphatic carbocycles. The number of rotatable bonds is 4. The van der Waals surface area contributed by atoms with E-state index in [2.05, 4.69) is 30.7 Å². The van der Waals surface area contributed by atoms with Crippen LogP contribution in [0.3, 0.4) is 0 Å². The average molecular weight is 292 g/mol. The number of carboxylic acids is 1. The van der Waals surface area contributed by atoms with Gasteiger partial charge in [0.1, 0.15) is 11.6 Å². The van der Waals surface area contributed by atoms with E-state index in [1.54, 1.807) is 12.1 Å². The normalized spacial score (nSPS) is 11.3. The zero-order valence-electron chi connectivity index (χ0n) is 11.6. The third-order valence-corrected chi connectivity index (χ3v) is 3.47. The van der Waals surface area contributed by atoms with Gasteiger partial charge in [-0.1, -0.05) is 20.8 Å². The summed E-state index contributed by atoms with van der Waals surface area (Å²) in [6, 6.07) is 3.24. The van der Waals surface area contributed by atoms with Gasteiger partial charge in [0.05, 0.1) is 5.69 Å². The van der Waals surface area contributed by atoms with Crippen molar-refractivity contribution in [2.24, 2.45) is 0 Å². The summed E-state index contributed by atoms with van der Waals surface area (Å²) in [5, 5.41) is 11.8. The lowest BCUT2D eigenvalue weighted by Gasteiger charge is -2.14. The average Bonchev–Trinajstić information content (AvgIpc) is 2.85. The summed E-state index contributed by atoms with van der Waals surface area (Å²) in [6.07, 6.45) is 1.43. The molecular weight excluding hydrogens is 276 g/mol. The maximum Gasteiger partial charge on any atom is 0.358 e. The predicted octanol–water partition coefficient (Wildman–Crippen LogP) is 3.11. The highest BCUT2D eigenvalue weighted by Crippen LogP contribution is 2.25. The van der Waals surface area contributed by atoms with Gasteiger partial charge in [-0.15, -0.1) is 11.3 Å². The lowest BCUT2D eigenvalue weighted by atomic mass is 9.93. The van der Waals surface area contributed by atoms with Crippen molar-refractivity contribution in [2.45, 2.75) is 32.8 Å². The van der Waals surface area contributed by atoms with E-state index in [-0.39, 0.29) is 23.5 Å².